The zero-order valence-electron chi connectivity index (χ0n) is 9.72. The monoisotopic (exact) mass is 269 g/mol. The van der Waals surface area contributed by atoms with Crippen LogP contribution in [0.4, 0.5) is 0 Å². The molecule has 3 heterocycles. The van der Waals surface area contributed by atoms with E-state index in [0.29, 0.717) is 5.41 Å². The maximum Gasteiger partial charge on any atom is 0.105 e. The zero-order chi connectivity index (χ0) is 11.5. The predicted molar refractivity (Wildman–Crippen MR) is 70.0 cm³/mol. The van der Waals surface area contributed by atoms with E-state index in [-0.39, 0.29) is 5.60 Å². The van der Waals surface area contributed by atoms with Gasteiger partial charge in [-0.25, -0.2) is 0 Å². The van der Waals surface area contributed by atoms with Gasteiger partial charge in [0, 0.05) is 10.3 Å². The third-order valence-corrected chi connectivity index (χ3v) is 6.03. The van der Waals surface area contributed by atoms with Gasteiger partial charge in [0.1, 0.15) is 5.60 Å². The van der Waals surface area contributed by atoms with Gasteiger partial charge in [0.15, 0.2) is 0 Å². The molecule has 3 aliphatic rings. The Balaban J connectivity index is 1.84. The van der Waals surface area contributed by atoms with Crippen molar-refractivity contribution in [1.29, 1.82) is 0 Å². The maximum atomic E-state index is 6.34. The van der Waals surface area contributed by atoms with Crippen molar-refractivity contribution in [3.8, 4) is 0 Å². The molecule has 0 amide bonds. The lowest BCUT2D eigenvalue weighted by atomic mass is 9.81. The fourth-order valence-electron chi connectivity index (χ4n) is 3.28. The summed E-state index contributed by atoms with van der Waals surface area (Å²) in [5.74, 6) is 0. The normalized spacial score (nSPS) is 28.3. The van der Waals surface area contributed by atoms with E-state index >= 15 is 0 Å². The third-order valence-electron chi connectivity index (χ3n) is 4.58. The lowest BCUT2D eigenvalue weighted by Gasteiger charge is -2.43. The van der Waals surface area contributed by atoms with Gasteiger partial charge < -0.3 is 10.1 Å². The van der Waals surface area contributed by atoms with Crippen LogP contribution >= 0.6 is 22.9 Å². The van der Waals surface area contributed by atoms with Crippen LogP contribution in [0.1, 0.15) is 36.1 Å². The number of hydrogen-bond donors (Lipinski definition) is 1. The van der Waals surface area contributed by atoms with Crippen molar-refractivity contribution >= 4 is 22.9 Å². The van der Waals surface area contributed by atoms with E-state index in [4.69, 9.17) is 16.3 Å². The molecule has 1 N–H and O–H groups in total. The Bertz CT molecular complexity index is 460. The van der Waals surface area contributed by atoms with Gasteiger partial charge in [-0.15, -0.1) is 11.3 Å². The molecule has 0 aromatic carbocycles. The Morgan fingerprint density at radius 3 is 2.71 bits per heavy atom. The van der Waals surface area contributed by atoms with Gasteiger partial charge in [0.05, 0.1) is 10.9 Å². The van der Waals surface area contributed by atoms with Crippen LogP contribution in [0, 0.1) is 0 Å². The molecule has 1 saturated carbocycles. The summed E-state index contributed by atoms with van der Waals surface area (Å²) in [5, 5.41) is 3.42. The van der Waals surface area contributed by atoms with E-state index in [1.54, 1.807) is 11.3 Å². The molecule has 0 unspecified atom stereocenters. The van der Waals surface area contributed by atoms with Gasteiger partial charge in [0.2, 0.25) is 0 Å². The van der Waals surface area contributed by atoms with Gasteiger partial charge in [-0.05, 0) is 50.4 Å². The molecule has 17 heavy (non-hydrogen) atoms. The highest BCUT2D eigenvalue weighted by atomic mass is 35.5. The Morgan fingerprint density at radius 2 is 2.00 bits per heavy atom. The molecule has 0 atom stereocenters. The number of piperidine rings is 1. The number of rotatable bonds is 0. The first-order valence-electron chi connectivity index (χ1n) is 6.39. The minimum absolute atomic E-state index is 0.0216. The largest absolute Gasteiger partial charge is 0.368 e. The van der Waals surface area contributed by atoms with Crippen LogP contribution in [0.15, 0.2) is 6.07 Å². The van der Waals surface area contributed by atoms with Crippen molar-refractivity contribution < 1.29 is 4.74 Å². The van der Waals surface area contributed by atoms with E-state index in [9.17, 15) is 0 Å². The number of thiophene rings is 1. The summed E-state index contributed by atoms with van der Waals surface area (Å²) in [6, 6.07) is 2.21. The Hall–Kier alpha value is -0.0900. The molecule has 1 saturated heterocycles. The first kappa shape index (κ1) is 10.8. The van der Waals surface area contributed by atoms with Crippen LogP contribution in [0.5, 0.6) is 0 Å². The average Bonchev–Trinajstić information content (AvgIpc) is 3.02. The van der Waals surface area contributed by atoms with E-state index < -0.39 is 0 Å². The summed E-state index contributed by atoms with van der Waals surface area (Å²) in [7, 11) is 0. The van der Waals surface area contributed by atoms with Crippen molar-refractivity contribution in [1.82, 2.24) is 5.32 Å². The first-order chi connectivity index (χ1) is 8.24. The summed E-state index contributed by atoms with van der Waals surface area (Å²) in [6.45, 7) is 3.02. The minimum Gasteiger partial charge on any atom is -0.368 e. The molecule has 92 valence electrons. The fourth-order valence-corrected chi connectivity index (χ4v) is 4.83. The predicted octanol–water partition coefficient (Wildman–Crippen LogP) is 3.04. The van der Waals surface area contributed by atoms with Crippen LogP contribution < -0.4 is 5.32 Å². The molecule has 1 aliphatic carbocycles. The first-order valence-corrected chi connectivity index (χ1v) is 7.59. The molecule has 4 rings (SSSR count). The van der Waals surface area contributed by atoms with Crippen LogP contribution in [-0.4, -0.2) is 19.7 Å². The Morgan fingerprint density at radius 1 is 1.24 bits per heavy atom. The number of hydrogen-bond acceptors (Lipinski definition) is 3. The minimum atomic E-state index is -0.0216. The molecule has 1 aromatic heterocycles. The molecule has 0 bridgehead atoms. The molecule has 2 aliphatic heterocycles. The number of nitrogens with one attached hydrogen (secondary N) is 1. The van der Waals surface area contributed by atoms with Crippen LogP contribution in [0.2, 0.25) is 4.34 Å². The van der Waals surface area contributed by atoms with Crippen molar-refractivity contribution in [2.45, 2.75) is 36.7 Å². The van der Waals surface area contributed by atoms with Gasteiger partial charge in [-0.3, -0.25) is 0 Å². The molecule has 4 heteroatoms. The SMILES string of the molecule is Clc1cc2c(s1)C1(CCNCC1)OCC21CC1. The van der Waals surface area contributed by atoms with Gasteiger partial charge in [-0.2, -0.15) is 0 Å². The van der Waals surface area contributed by atoms with Crippen LogP contribution in [-0.2, 0) is 15.8 Å². The summed E-state index contributed by atoms with van der Waals surface area (Å²) >= 11 is 8.01. The lowest BCUT2D eigenvalue weighted by molar-refractivity contribution is -0.0898. The van der Waals surface area contributed by atoms with Gasteiger partial charge in [0.25, 0.3) is 0 Å². The number of halogens is 1. The van der Waals surface area contributed by atoms with Gasteiger partial charge in [-0.1, -0.05) is 11.6 Å². The fraction of sp³-hybridized carbons (Fsp3) is 0.692. The van der Waals surface area contributed by atoms with Crippen LogP contribution in [0.3, 0.4) is 0 Å². The second-order valence-corrected chi connectivity index (χ2v) is 7.29. The molecule has 2 fully saturated rings. The van der Waals surface area contributed by atoms with Crippen LogP contribution in [0.25, 0.3) is 0 Å². The van der Waals surface area contributed by atoms with Gasteiger partial charge >= 0.3 is 0 Å². The van der Waals surface area contributed by atoms with E-state index in [0.717, 1.165) is 36.9 Å². The molecular weight excluding hydrogens is 254 g/mol. The smallest absolute Gasteiger partial charge is 0.105 e. The van der Waals surface area contributed by atoms with Crippen molar-refractivity contribution in [2.24, 2.45) is 0 Å². The third kappa shape index (κ3) is 1.46. The second kappa shape index (κ2) is 3.47. The van der Waals surface area contributed by atoms with E-state index in [2.05, 4.69) is 11.4 Å². The quantitative estimate of drug-likeness (QED) is 0.782. The van der Waals surface area contributed by atoms with E-state index in [1.165, 1.54) is 23.3 Å². The second-order valence-electron chi connectivity index (χ2n) is 5.61. The lowest BCUT2D eigenvalue weighted by Crippen LogP contribution is -2.46. The molecule has 2 spiro atoms. The number of fused-ring (bicyclic) bond motifs is 3. The average molecular weight is 270 g/mol. The molecular formula is C13H16ClNOS. The highest BCUT2D eigenvalue weighted by molar-refractivity contribution is 7.16. The Kier molecular flexibility index (Phi) is 2.21. The summed E-state index contributed by atoms with van der Waals surface area (Å²) in [4.78, 5) is 1.44. The van der Waals surface area contributed by atoms with Crippen molar-refractivity contribution in [2.75, 3.05) is 19.7 Å². The molecule has 1 aromatic rings. The molecule has 0 radical (unpaired) electrons. The summed E-state index contributed by atoms with van der Waals surface area (Å²) in [6.07, 6.45) is 4.74. The highest BCUT2D eigenvalue weighted by Crippen LogP contribution is 2.59. The van der Waals surface area contributed by atoms with E-state index in [1.807, 2.05) is 0 Å². The topological polar surface area (TPSA) is 21.3 Å². The highest BCUT2D eigenvalue weighted by Gasteiger charge is 2.55. The zero-order valence-corrected chi connectivity index (χ0v) is 11.3. The van der Waals surface area contributed by atoms with Crippen molar-refractivity contribution in [3.63, 3.8) is 0 Å². The molecule has 2 nitrogen and oxygen atoms in total. The Labute approximate surface area is 110 Å². The maximum absolute atomic E-state index is 6.34. The standard InChI is InChI=1S/C13H16ClNOS/c14-10-7-9-11(17-10)13(3-5-15-6-4-13)16-8-12(9)1-2-12/h7,15H,1-6,8H2. The summed E-state index contributed by atoms with van der Waals surface area (Å²) in [5.41, 5.74) is 1.84. The summed E-state index contributed by atoms with van der Waals surface area (Å²) < 4.78 is 7.27. The number of ether oxygens (including phenoxy) is 1. The van der Waals surface area contributed by atoms with Crippen molar-refractivity contribution in [3.05, 3.63) is 20.8 Å².